The second-order valence-corrected chi connectivity index (χ2v) is 8.26. The van der Waals surface area contributed by atoms with Crippen molar-refractivity contribution in [2.75, 3.05) is 6.54 Å². The van der Waals surface area contributed by atoms with Gasteiger partial charge in [-0.3, -0.25) is 14.3 Å². The van der Waals surface area contributed by atoms with Crippen molar-refractivity contribution in [1.29, 1.82) is 0 Å². The number of oxime groups is 1. The molecule has 1 amide bonds. The Morgan fingerprint density at radius 3 is 2.33 bits per heavy atom. The van der Waals surface area contributed by atoms with Gasteiger partial charge in [0.1, 0.15) is 5.78 Å². The molecule has 36 heavy (non-hydrogen) atoms. The van der Waals surface area contributed by atoms with Gasteiger partial charge in [0.15, 0.2) is 5.69 Å². The highest BCUT2D eigenvalue weighted by molar-refractivity contribution is 6.16. The minimum Gasteiger partial charge on any atom is -0.372 e. The molecule has 1 aliphatic rings. The fraction of sp³-hybridized carbons (Fsp3) is 0.304. The standard InChI is InChI=1S/C23H18F6N4O3/c1-12(34)11-30-20(35)16-8-7-15(13-5-3-4-6-14(13)16)17-10-21(36-32-17,23(27,28)29)19-9-18(22(24,25)26)31-33(19)2/h3-9H,10-11H2,1-2H3,(H,30,35). The summed E-state index contributed by atoms with van der Waals surface area (Å²) in [6, 6.07) is 9.41. The third-order valence-corrected chi connectivity index (χ3v) is 5.75. The molecule has 0 saturated carbocycles. The minimum atomic E-state index is -5.14. The molecule has 0 bridgehead atoms. The predicted octanol–water partition coefficient (Wildman–Crippen LogP) is 4.49. The SMILES string of the molecule is CC(=O)CNC(=O)c1ccc(C2=NOC(c3cc(C(F)(F)F)nn3C)(C(F)(F)F)C2)c2ccccc12. The number of fused-ring (bicyclic) bond motifs is 1. The third-order valence-electron chi connectivity index (χ3n) is 5.75. The van der Waals surface area contributed by atoms with E-state index in [0.717, 1.165) is 7.05 Å². The van der Waals surface area contributed by atoms with E-state index in [9.17, 15) is 35.9 Å². The van der Waals surface area contributed by atoms with E-state index in [1.165, 1.54) is 19.1 Å². The number of rotatable bonds is 5. The maximum Gasteiger partial charge on any atom is 0.437 e. The molecule has 1 unspecified atom stereocenters. The lowest BCUT2D eigenvalue weighted by Crippen LogP contribution is -2.44. The fourth-order valence-electron chi connectivity index (χ4n) is 4.04. The Labute approximate surface area is 199 Å². The lowest BCUT2D eigenvalue weighted by molar-refractivity contribution is -0.278. The molecule has 0 fully saturated rings. The molecule has 7 nitrogen and oxygen atoms in total. The van der Waals surface area contributed by atoms with Crippen LogP contribution in [0.2, 0.25) is 0 Å². The van der Waals surface area contributed by atoms with Gasteiger partial charge in [0.2, 0.25) is 0 Å². The van der Waals surface area contributed by atoms with Crippen LogP contribution in [-0.2, 0) is 28.5 Å². The van der Waals surface area contributed by atoms with Gasteiger partial charge in [0, 0.05) is 18.2 Å². The van der Waals surface area contributed by atoms with Crippen LogP contribution in [0.25, 0.3) is 10.8 Å². The van der Waals surface area contributed by atoms with Gasteiger partial charge in [-0.2, -0.15) is 31.4 Å². The Hall–Kier alpha value is -3.90. The number of Topliss-reactive ketones (excluding diaryl/α,β-unsaturated/α-hetero) is 1. The Morgan fingerprint density at radius 2 is 1.75 bits per heavy atom. The summed E-state index contributed by atoms with van der Waals surface area (Å²) in [4.78, 5) is 28.6. The Bertz CT molecular complexity index is 1390. The molecule has 1 aromatic heterocycles. The van der Waals surface area contributed by atoms with Crippen LogP contribution in [0, 0.1) is 0 Å². The van der Waals surface area contributed by atoms with Crippen molar-refractivity contribution >= 4 is 28.2 Å². The molecule has 1 aliphatic heterocycles. The van der Waals surface area contributed by atoms with Crippen molar-refractivity contribution < 1.29 is 40.8 Å². The number of nitrogens with zero attached hydrogens (tertiary/aromatic N) is 3. The Morgan fingerprint density at radius 1 is 1.08 bits per heavy atom. The first-order valence-corrected chi connectivity index (χ1v) is 10.5. The summed E-state index contributed by atoms with van der Waals surface area (Å²) in [6.45, 7) is 1.10. The number of aryl methyl sites for hydroxylation is 1. The minimum absolute atomic E-state index is 0.172. The number of halogens is 6. The van der Waals surface area contributed by atoms with Crippen molar-refractivity contribution in [2.24, 2.45) is 12.2 Å². The molecular weight excluding hydrogens is 494 g/mol. The van der Waals surface area contributed by atoms with E-state index >= 15 is 0 Å². The molecule has 0 spiro atoms. The monoisotopic (exact) mass is 512 g/mol. The van der Waals surface area contributed by atoms with Crippen molar-refractivity contribution in [1.82, 2.24) is 15.1 Å². The maximum atomic E-state index is 14.3. The van der Waals surface area contributed by atoms with Crippen LogP contribution in [-0.4, -0.2) is 39.9 Å². The van der Waals surface area contributed by atoms with Crippen LogP contribution >= 0.6 is 0 Å². The van der Waals surface area contributed by atoms with Crippen LogP contribution in [0.3, 0.4) is 0 Å². The van der Waals surface area contributed by atoms with E-state index in [4.69, 9.17) is 4.84 Å². The van der Waals surface area contributed by atoms with E-state index in [1.54, 1.807) is 24.3 Å². The van der Waals surface area contributed by atoms with Gasteiger partial charge < -0.3 is 10.2 Å². The van der Waals surface area contributed by atoms with Crippen LogP contribution in [0.1, 0.15) is 40.7 Å². The van der Waals surface area contributed by atoms with Crippen molar-refractivity contribution in [3.8, 4) is 0 Å². The molecule has 0 aliphatic carbocycles. The van der Waals surface area contributed by atoms with E-state index < -0.39 is 41.7 Å². The summed E-state index contributed by atoms with van der Waals surface area (Å²) in [6.07, 6.45) is -11.0. The van der Waals surface area contributed by atoms with E-state index in [2.05, 4.69) is 15.6 Å². The Balaban J connectivity index is 1.77. The number of carbonyl (C=O) groups excluding carboxylic acids is 2. The molecule has 0 radical (unpaired) electrons. The largest absolute Gasteiger partial charge is 0.437 e. The summed E-state index contributed by atoms with van der Waals surface area (Å²) < 4.78 is 82.8. The second-order valence-electron chi connectivity index (χ2n) is 8.26. The van der Waals surface area contributed by atoms with Crippen molar-refractivity contribution in [3.63, 3.8) is 0 Å². The number of aromatic nitrogens is 2. The zero-order valence-electron chi connectivity index (χ0n) is 18.8. The summed E-state index contributed by atoms with van der Waals surface area (Å²) in [5, 5.41) is 10.0. The van der Waals surface area contributed by atoms with Gasteiger partial charge in [-0.15, -0.1) is 0 Å². The number of alkyl halides is 6. The molecule has 2 aromatic carbocycles. The summed E-state index contributed by atoms with van der Waals surface area (Å²) in [7, 11) is 0.962. The van der Waals surface area contributed by atoms with E-state index in [-0.39, 0.29) is 29.2 Å². The van der Waals surface area contributed by atoms with Gasteiger partial charge in [-0.1, -0.05) is 35.5 Å². The first kappa shape index (κ1) is 25.2. The summed E-state index contributed by atoms with van der Waals surface area (Å²) in [5.74, 6) is -0.828. The lowest BCUT2D eigenvalue weighted by Gasteiger charge is -2.29. The number of hydrogen-bond acceptors (Lipinski definition) is 5. The zero-order valence-corrected chi connectivity index (χ0v) is 18.8. The zero-order chi connectivity index (χ0) is 26.5. The van der Waals surface area contributed by atoms with E-state index in [0.29, 0.717) is 21.5 Å². The second kappa shape index (κ2) is 8.64. The van der Waals surface area contributed by atoms with Crippen molar-refractivity contribution in [3.05, 3.63) is 65.0 Å². The van der Waals surface area contributed by atoms with Crippen LogP contribution in [0.5, 0.6) is 0 Å². The lowest BCUT2D eigenvalue weighted by atomic mass is 9.87. The number of benzene rings is 2. The van der Waals surface area contributed by atoms with Crippen LogP contribution < -0.4 is 5.32 Å². The summed E-state index contributed by atoms with van der Waals surface area (Å²) in [5.41, 5.74) is -5.34. The molecule has 4 rings (SSSR count). The first-order valence-electron chi connectivity index (χ1n) is 10.5. The highest BCUT2D eigenvalue weighted by atomic mass is 19.4. The molecule has 1 atom stereocenters. The molecule has 0 saturated heterocycles. The molecule has 3 aromatic rings. The normalized spacial score (nSPS) is 18.2. The number of ketones is 1. The van der Waals surface area contributed by atoms with E-state index in [1.807, 2.05) is 0 Å². The number of carbonyl (C=O) groups is 2. The molecule has 2 heterocycles. The summed E-state index contributed by atoms with van der Waals surface area (Å²) >= 11 is 0. The highest BCUT2D eigenvalue weighted by Crippen LogP contribution is 2.50. The average molecular weight is 512 g/mol. The number of nitrogens with one attached hydrogen (secondary N) is 1. The topological polar surface area (TPSA) is 85.6 Å². The molecular formula is C23H18F6N4O3. The van der Waals surface area contributed by atoms with Gasteiger partial charge in [0.05, 0.1) is 24.4 Å². The number of amides is 1. The number of hydrogen-bond donors (Lipinski definition) is 1. The highest BCUT2D eigenvalue weighted by Gasteiger charge is 2.64. The quantitative estimate of drug-likeness (QED) is 0.511. The molecule has 1 N–H and O–H groups in total. The van der Waals surface area contributed by atoms with Gasteiger partial charge in [-0.05, 0) is 29.8 Å². The van der Waals surface area contributed by atoms with Gasteiger partial charge in [0.25, 0.3) is 11.5 Å². The van der Waals surface area contributed by atoms with Crippen LogP contribution in [0.4, 0.5) is 26.3 Å². The third kappa shape index (κ3) is 4.29. The maximum absolute atomic E-state index is 14.3. The Kier molecular flexibility index (Phi) is 6.05. The van der Waals surface area contributed by atoms with Crippen molar-refractivity contribution in [2.45, 2.75) is 31.3 Å². The predicted molar refractivity (Wildman–Crippen MR) is 115 cm³/mol. The average Bonchev–Trinajstić information content (AvgIpc) is 3.41. The molecule has 13 heteroatoms. The fourth-order valence-corrected chi connectivity index (χ4v) is 4.04. The van der Waals surface area contributed by atoms with Crippen LogP contribution in [0.15, 0.2) is 47.6 Å². The first-order chi connectivity index (χ1) is 16.7. The molecule has 190 valence electrons. The smallest absolute Gasteiger partial charge is 0.372 e. The van der Waals surface area contributed by atoms with Gasteiger partial charge in [-0.25, -0.2) is 0 Å². The van der Waals surface area contributed by atoms with Gasteiger partial charge >= 0.3 is 12.4 Å².